The molecule has 112 valence electrons. The van der Waals surface area contributed by atoms with Gasteiger partial charge in [-0.1, -0.05) is 34.8 Å². The number of rotatable bonds is 4. The van der Waals surface area contributed by atoms with Gasteiger partial charge < -0.3 is 0 Å². The maximum atomic E-state index is 12.2. The second-order valence-electron chi connectivity index (χ2n) is 3.71. The Balaban J connectivity index is 2.41. The van der Waals surface area contributed by atoms with Gasteiger partial charge in [-0.15, -0.1) is 11.3 Å². The summed E-state index contributed by atoms with van der Waals surface area (Å²) in [6.07, 6.45) is 0. The van der Waals surface area contributed by atoms with E-state index in [4.69, 9.17) is 34.8 Å². The van der Waals surface area contributed by atoms with E-state index in [2.05, 4.69) is 4.72 Å². The summed E-state index contributed by atoms with van der Waals surface area (Å²) >= 11 is 17.8. The third kappa shape index (κ3) is 3.58. The molecule has 0 bridgehead atoms. The van der Waals surface area contributed by atoms with Crippen molar-refractivity contribution in [2.75, 3.05) is 4.72 Å². The van der Waals surface area contributed by atoms with Gasteiger partial charge in [-0.25, -0.2) is 8.42 Å². The van der Waals surface area contributed by atoms with Crippen LogP contribution in [-0.2, 0) is 10.0 Å². The highest BCUT2D eigenvalue weighted by Gasteiger charge is 2.25. The molecular formula is C10H5Cl3N2O4S2. The molecule has 0 aliphatic rings. The molecule has 0 fully saturated rings. The summed E-state index contributed by atoms with van der Waals surface area (Å²) in [4.78, 5) is 9.93. The van der Waals surface area contributed by atoms with Crippen molar-refractivity contribution in [1.29, 1.82) is 0 Å². The van der Waals surface area contributed by atoms with E-state index in [0.717, 1.165) is 6.07 Å². The van der Waals surface area contributed by atoms with Crippen molar-refractivity contribution in [3.63, 3.8) is 0 Å². The van der Waals surface area contributed by atoms with Crippen LogP contribution in [0, 0.1) is 10.1 Å². The van der Waals surface area contributed by atoms with Crippen molar-refractivity contribution < 1.29 is 13.3 Å². The number of nitrogens with zero attached hydrogens (tertiary/aromatic N) is 1. The number of nitrogens with one attached hydrogen (secondary N) is 1. The predicted octanol–water partition coefficient (Wildman–Crippen LogP) is 4.42. The zero-order valence-corrected chi connectivity index (χ0v) is 13.7. The van der Waals surface area contributed by atoms with E-state index < -0.39 is 20.6 Å². The molecule has 0 radical (unpaired) electrons. The Hall–Kier alpha value is -1.06. The molecule has 1 heterocycles. The molecule has 0 aliphatic heterocycles. The molecule has 2 aromatic rings. The smallest absolute Gasteiger partial charge is 0.277 e. The summed E-state index contributed by atoms with van der Waals surface area (Å²) in [5.74, 6) is 0. The van der Waals surface area contributed by atoms with Crippen LogP contribution in [0.2, 0.25) is 14.4 Å². The first-order valence-electron chi connectivity index (χ1n) is 5.12. The standard InChI is InChI=1S/C10H5Cl3N2O4S2/c11-5-1-2-6(12)7(3-5)14-21(18,19)9-4-8(15(16)17)10(13)20-9/h1-4,14H. The average Bonchev–Trinajstić information content (AvgIpc) is 2.77. The molecule has 2 rings (SSSR count). The summed E-state index contributed by atoms with van der Waals surface area (Å²) in [5, 5.41) is 11.1. The van der Waals surface area contributed by atoms with Crippen LogP contribution in [0.3, 0.4) is 0 Å². The van der Waals surface area contributed by atoms with Crippen LogP contribution in [0.4, 0.5) is 11.4 Å². The molecule has 11 heteroatoms. The van der Waals surface area contributed by atoms with Crippen LogP contribution < -0.4 is 4.72 Å². The summed E-state index contributed by atoms with van der Waals surface area (Å²) in [6.45, 7) is 0. The van der Waals surface area contributed by atoms with E-state index >= 15 is 0 Å². The summed E-state index contributed by atoms with van der Waals surface area (Å²) in [7, 11) is -4.05. The van der Waals surface area contributed by atoms with Crippen LogP contribution in [0.15, 0.2) is 28.5 Å². The summed E-state index contributed by atoms with van der Waals surface area (Å²) in [5.41, 5.74) is -0.407. The van der Waals surface area contributed by atoms with E-state index in [-0.39, 0.29) is 24.3 Å². The lowest BCUT2D eigenvalue weighted by molar-refractivity contribution is -0.384. The highest BCUT2D eigenvalue weighted by molar-refractivity contribution is 7.94. The average molecular weight is 388 g/mol. The molecule has 0 saturated carbocycles. The number of anilines is 1. The second kappa shape index (κ2) is 5.98. The first kappa shape index (κ1) is 16.3. The molecule has 1 N–H and O–H groups in total. The van der Waals surface area contributed by atoms with E-state index in [9.17, 15) is 18.5 Å². The summed E-state index contributed by atoms with van der Waals surface area (Å²) < 4.78 is 26.0. The van der Waals surface area contributed by atoms with Crippen molar-refractivity contribution >= 4 is 67.5 Å². The topological polar surface area (TPSA) is 89.3 Å². The molecule has 0 aliphatic carbocycles. The fourth-order valence-corrected chi connectivity index (χ4v) is 4.49. The lowest BCUT2D eigenvalue weighted by atomic mass is 10.3. The molecule has 0 atom stereocenters. The number of halogens is 3. The fraction of sp³-hybridized carbons (Fsp3) is 0. The van der Waals surface area contributed by atoms with Gasteiger partial charge in [0.25, 0.3) is 15.7 Å². The number of hydrogen-bond donors (Lipinski definition) is 1. The van der Waals surface area contributed by atoms with Gasteiger partial charge in [0.2, 0.25) is 0 Å². The van der Waals surface area contributed by atoms with Gasteiger partial charge in [-0.05, 0) is 18.2 Å². The van der Waals surface area contributed by atoms with E-state index in [1.807, 2.05) is 0 Å². The predicted molar refractivity (Wildman–Crippen MR) is 83.3 cm³/mol. The van der Waals surface area contributed by atoms with Crippen molar-refractivity contribution in [3.05, 3.63) is 48.8 Å². The van der Waals surface area contributed by atoms with Gasteiger partial charge in [-0.2, -0.15) is 0 Å². The maximum absolute atomic E-state index is 12.2. The first-order valence-corrected chi connectivity index (χ1v) is 8.55. The van der Waals surface area contributed by atoms with Crippen LogP contribution in [0.1, 0.15) is 0 Å². The van der Waals surface area contributed by atoms with Gasteiger partial charge in [0.1, 0.15) is 4.21 Å². The van der Waals surface area contributed by atoms with Gasteiger partial charge >= 0.3 is 0 Å². The first-order chi connectivity index (χ1) is 9.70. The second-order valence-corrected chi connectivity index (χ2v) is 8.12. The van der Waals surface area contributed by atoms with Gasteiger partial charge in [0.15, 0.2) is 4.34 Å². The largest absolute Gasteiger partial charge is 0.300 e. The Labute approximate surface area is 138 Å². The normalized spacial score (nSPS) is 11.4. The molecule has 21 heavy (non-hydrogen) atoms. The minimum Gasteiger partial charge on any atom is -0.277 e. The minimum absolute atomic E-state index is 0.0661. The zero-order valence-electron chi connectivity index (χ0n) is 9.84. The van der Waals surface area contributed by atoms with Crippen LogP contribution >= 0.6 is 46.1 Å². The number of thiophene rings is 1. The van der Waals surface area contributed by atoms with Crippen molar-refractivity contribution in [1.82, 2.24) is 0 Å². The van der Waals surface area contributed by atoms with E-state index in [1.54, 1.807) is 0 Å². The number of nitro groups is 1. The number of benzene rings is 1. The molecule has 0 unspecified atom stereocenters. The van der Waals surface area contributed by atoms with Crippen molar-refractivity contribution in [2.24, 2.45) is 0 Å². The highest BCUT2D eigenvalue weighted by atomic mass is 35.5. The lowest BCUT2D eigenvalue weighted by Gasteiger charge is -2.08. The third-order valence-electron chi connectivity index (χ3n) is 2.28. The summed E-state index contributed by atoms with van der Waals surface area (Å²) in [6, 6.07) is 5.12. The highest BCUT2D eigenvalue weighted by Crippen LogP contribution is 2.37. The van der Waals surface area contributed by atoms with Crippen LogP contribution in [-0.4, -0.2) is 13.3 Å². The monoisotopic (exact) mass is 386 g/mol. The quantitative estimate of drug-likeness (QED) is 0.621. The van der Waals surface area contributed by atoms with Gasteiger partial charge in [0, 0.05) is 11.1 Å². The number of sulfonamides is 1. The Morgan fingerprint density at radius 3 is 2.43 bits per heavy atom. The SMILES string of the molecule is O=[N+]([O-])c1cc(S(=O)(=O)Nc2cc(Cl)ccc2Cl)sc1Cl. The zero-order chi connectivity index (χ0) is 15.8. The lowest BCUT2D eigenvalue weighted by Crippen LogP contribution is -2.11. The Kier molecular flexibility index (Phi) is 4.64. The number of hydrogen-bond acceptors (Lipinski definition) is 5. The van der Waals surface area contributed by atoms with Crippen LogP contribution in [0.5, 0.6) is 0 Å². The maximum Gasteiger partial charge on any atom is 0.300 e. The van der Waals surface area contributed by atoms with Crippen molar-refractivity contribution in [3.8, 4) is 0 Å². The molecule has 0 spiro atoms. The minimum atomic E-state index is -4.05. The Bertz CT molecular complexity index is 820. The van der Waals surface area contributed by atoms with Crippen molar-refractivity contribution in [2.45, 2.75) is 4.21 Å². The van der Waals surface area contributed by atoms with Crippen LogP contribution in [0.25, 0.3) is 0 Å². The Morgan fingerprint density at radius 2 is 1.86 bits per heavy atom. The molecular weight excluding hydrogens is 383 g/mol. The van der Waals surface area contributed by atoms with E-state index in [0.29, 0.717) is 11.3 Å². The van der Waals surface area contributed by atoms with Gasteiger partial charge in [0.05, 0.1) is 15.6 Å². The molecule has 6 nitrogen and oxygen atoms in total. The fourth-order valence-electron chi connectivity index (χ4n) is 1.37. The molecule has 0 amide bonds. The van der Waals surface area contributed by atoms with Gasteiger partial charge in [-0.3, -0.25) is 14.8 Å². The molecule has 1 aromatic heterocycles. The molecule has 1 aromatic carbocycles. The third-order valence-corrected chi connectivity index (χ3v) is 6.02. The van der Waals surface area contributed by atoms with E-state index in [1.165, 1.54) is 18.2 Å². The molecule has 0 saturated heterocycles. The Morgan fingerprint density at radius 1 is 1.19 bits per heavy atom.